The van der Waals surface area contributed by atoms with Gasteiger partial charge >= 0.3 is 0 Å². The van der Waals surface area contributed by atoms with E-state index < -0.39 is 0 Å². The molecule has 4 rings (SSSR count). The Hall–Kier alpha value is -3.22. The van der Waals surface area contributed by atoms with Crippen LogP contribution >= 0.6 is 0 Å². The fourth-order valence-corrected chi connectivity index (χ4v) is 3.64. The molecule has 6 nitrogen and oxygen atoms in total. The van der Waals surface area contributed by atoms with E-state index in [0.717, 1.165) is 29.7 Å². The van der Waals surface area contributed by atoms with Crippen molar-refractivity contribution in [2.75, 3.05) is 19.7 Å². The first-order valence-corrected chi connectivity index (χ1v) is 10.1. The lowest BCUT2D eigenvalue weighted by molar-refractivity contribution is -0.134. The minimum atomic E-state index is -0.350. The molecule has 1 amide bonds. The van der Waals surface area contributed by atoms with Gasteiger partial charge in [-0.15, -0.1) is 0 Å². The Balaban J connectivity index is 1.39. The summed E-state index contributed by atoms with van der Waals surface area (Å²) < 4.78 is 24.7. The van der Waals surface area contributed by atoms with Crippen LogP contribution in [0.4, 0.5) is 4.39 Å². The van der Waals surface area contributed by atoms with Gasteiger partial charge in [-0.25, -0.2) is 4.39 Å². The second-order valence-corrected chi connectivity index (χ2v) is 7.70. The third-order valence-electron chi connectivity index (χ3n) is 5.34. The van der Waals surface area contributed by atoms with Gasteiger partial charge in [0.05, 0.1) is 5.92 Å². The molecule has 0 spiro atoms. The molecule has 0 aliphatic carbocycles. The van der Waals surface area contributed by atoms with Gasteiger partial charge in [0.1, 0.15) is 11.6 Å². The van der Waals surface area contributed by atoms with Crippen molar-refractivity contribution in [3.63, 3.8) is 0 Å². The molecule has 0 bridgehead atoms. The minimum absolute atomic E-state index is 0.00457. The molecule has 7 heteroatoms. The summed E-state index contributed by atoms with van der Waals surface area (Å²) in [5.41, 5.74) is 2.66. The van der Waals surface area contributed by atoms with Crippen molar-refractivity contribution >= 4 is 5.91 Å². The van der Waals surface area contributed by atoms with Crippen molar-refractivity contribution in [1.29, 1.82) is 0 Å². The number of carbonyl (C=O) groups excluding carboxylic acids is 1. The van der Waals surface area contributed by atoms with Crippen molar-refractivity contribution in [1.82, 2.24) is 15.0 Å². The number of nitrogens with zero attached hydrogens (tertiary/aromatic N) is 3. The number of benzene rings is 2. The fraction of sp³-hybridized carbons (Fsp3) is 0.348. The minimum Gasteiger partial charge on any atom is -0.483 e. The first-order chi connectivity index (χ1) is 14.5. The molecule has 30 heavy (non-hydrogen) atoms. The Morgan fingerprint density at radius 1 is 1.27 bits per heavy atom. The number of carbonyl (C=O) groups is 1. The van der Waals surface area contributed by atoms with Crippen molar-refractivity contribution < 1.29 is 18.4 Å². The Labute approximate surface area is 174 Å². The average molecular weight is 409 g/mol. The summed E-state index contributed by atoms with van der Waals surface area (Å²) in [5, 5.41) is 3.99. The number of hydrogen-bond acceptors (Lipinski definition) is 5. The van der Waals surface area contributed by atoms with Crippen LogP contribution in [0.25, 0.3) is 11.4 Å². The summed E-state index contributed by atoms with van der Waals surface area (Å²) >= 11 is 0. The van der Waals surface area contributed by atoms with E-state index in [1.54, 1.807) is 17.0 Å². The van der Waals surface area contributed by atoms with Crippen LogP contribution in [0.15, 0.2) is 47.0 Å². The number of aromatic nitrogens is 2. The predicted molar refractivity (Wildman–Crippen MR) is 110 cm³/mol. The van der Waals surface area contributed by atoms with Gasteiger partial charge in [-0.05, 0) is 56.0 Å². The molecule has 1 aromatic heterocycles. The maximum atomic E-state index is 13.5. The highest BCUT2D eigenvalue weighted by Crippen LogP contribution is 2.28. The third-order valence-corrected chi connectivity index (χ3v) is 5.34. The van der Waals surface area contributed by atoms with Crippen LogP contribution in [0.2, 0.25) is 0 Å². The maximum Gasteiger partial charge on any atom is 0.260 e. The highest BCUT2D eigenvalue weighted by atomic mass is 19.1. The van der Waals surface area contributed by atoms with E-state index in [4.69, 9.17) is 9.26 Å². The third kappa shape index (κ3) is 4.50. The van der Waals surface area contributed by atoms with Crippen LogP contribution in [0.5, 0.6) is 5.75 Å². The van der Waals surface area contributed by atoms with Crippen molar-refractivity contribution in [2.45, 2.75) is 32.6 Å². The normalized spacial score (nSPS) is 16.5. The molecule has 1 fully saturated rings. The quantitative estimate of drug-likeness (QED) is 0.629. The van der Waals surface area contributed by atoms with E-state index >= 15 is 0 Å². The van der Waals surface area contributed by atoms with Crippen LogP contribution in [0.1, 0.15) is 35.8 Å². The molecule has 1 atom stereocenters. The average Bonchev–Trinajstić information content (AvgIpc) is 3.25. The summed E-state index contributed by atoms with van der Waals surface area (Å²) in [5.74, 6) is 1.10. The van der Waals surface area contributed by atoms with Gasteiger partial charge in [-0.1, -0.05) is 29.4 Å². The van der Waals surface area contributed by atoms with E-state index in [1.165, 1.54) is 12.1 Å². The first-order valence-electron chi connectivity index (χ1n) is 10.1. The van der Waals surface area contributed by atoms with E-state index in [9.17, 15) is 9.18 Å². The van der Waals surface area contributed by atoms with Crippen molar-refractivity contribution in [3.8, 4) is 17.1 Å². The molecule has 1 aliphatic rings. The monoisotopic (exact) mass is 409 g/mol. The Bertz CT molecular complexity index is 1050. The molecule has 2 aromatic carbocycles. The van der Waals surface area contributed by atoms with Crippen LogP contribution in [-0.4, -0.2) is 40.6 Å². The Kier molecular flexibility index (Phi) is 5.79. The Morgan fingerprint density at radius 2 is 2.13 bits per heavy atom. The van der Waals surface area contributed by atoms with Crippen molar-refractivity contribution in [3.05, 3.63) is 65.3 Å². The number of likely N-dealkylation sites (tertiary alicyclic amines) is 1. The molecule has 0 N–H and O–H groups in total. The maximum absolute atomic E-state index is 13.5. The predicted octanol–water partition coefficient (Wildman–Crippen LogP) is 4.28. The van der Waals surface area contributed by atoms with E-state index in [-0.39, 0.29) is 24.2 Å². The molecule has 0 saturated carbocycles. The van der Waals surface area contributed by atoms with Gasteiger partial charge in [-0.2, -0.15) is 4.98 Å². The summed E-state index contributed by atoms with van der Waals surface area (Å²) in [4.78, 5) is 18.9. The lowest BCUT2D eigenvalue weighted by Gasteiger charge is -2.31. The highest BCUT2D eigenvalue weighted by Gasteiger charge is 2.29. The second kappa shape index (κ2) is 8.65. The van der Waals surface area contributed by atoms with Crippen LogP contribution in [0, 0.1) is 19.7 Å². The van der Waals surface area contributed by atoms with Crippen LogP contribution in [0.3, 0.4) is 0 Å². The van der Waals surface area contributed by atoms with Crippen molar-refractivity contribution in [2.24, 2.45) is 0 Å². The zero-order valence-electron chi connectivity index (χ0n) is 17.1. The van der Waals surface area contributed by atoms with E-state index in [0.29, 0.717) is 30.4 Å². The van der Waals surface area contributed by atoms with E-state index in [1.807, 2.05) is 32.0 Å². The van der Waals surface area contributed by atoms with Gasteiger partial charge in [0, 0.05) is 18.7 Å². The molecule has 1 saturated heterocycles. The number of amides is 1. The summed E-state index contributed by atoms with van der Waals surface area (Å²) in [6, 6.07) is 12.0. The number of ether oxygens (including phenoxy) is 1. The van der Waals surface area contributed by atoms with Gasteiger partial charge < -0.3 is 14.2 Å². The van der Waals surface area contributed by atoms with E-state index in [2.05, 4.69) is 10.1 Å². The first kappa shape index (κ1) is 20.1. The standard InChI is InChI=1S/C23H24FN3O3/c1-15-8-9-16(2)20(11-15)29-14-21(28)27-10-4-6-18(13-27)23-25-22(26-30-23)17-5-3-7-19(24)12-17/h3,5,7-9,11-12,18H,4,6,10,13-14H2,1-2H3. The number of piperidine rings is 1. The molecule has 1 unspecified atom stereocenters. The molecule has 1 aliphatic heterocycles. The SMILES string of the molecule is Cc1ccc(C)c(OCC(=O)N2CCCC(c3nc(-c4cccc(F)c4)no3)C2)c1. The lowest BCUT2D eigenvalue weighted by atomic mass is 9.98. The smallest absolute Gasteiger partial charge is 0.260 e. The second-order valence-electron chi connectivity index (χ2n) is 7.70. The van der Waals surface area contributed by atoms with Gasteiger partial charge in [0.2, 0.25) is 11.7 Å². The zero-order chi connectivity index (χ0) is 21.1. The van der Waals surface area contributed by atoms with Gasteiger partial charge in [0.25, 0.3) is 5.91 Å². The highest BCUT2D eigenvalue weighted by molar-refractivity contribution is 5.78. The molecule has 156 valence electrons. The topological polar surface area (TPSA) is 68.5 Å². The molecule has 3 aromatic rings. The fourth-order valence-electron chi connectivity index (χ4n) is 3.64. The van der Waals surface area contributed by atoms with Gasteiger partial charge in [0.15, 0.2) is 6.61 Å². The molecule has 2 heterocycles. The molecular formula is C23H24FN3O3. The lowest BCUT2D eigenvalue weighted by Crippen LogP contribution is -2.41. The number of rotatable bonds is 5. The Morgan fingerprint density at radius 3 is 2.97 bits per heavy atom. The summed E-state index contributed by atoms with van der Waals surface area (Å²) in [6.07, 6.45) is 1.70. The number of aryl methyl sites for hydroxylation is 2. The summed E-state index contributed by atoms with van der Waals surface area (Å²) in [6.45, 7) is 5.12. The van der Waals surface area contributed by atoms with Crippen LogP contribution < -0.4 is 4.74 Å². The van der Waals surface area contributed by atoms with Gasteiger partial charge in [-0.3, -0.25) is 4.79 Å². The summed E-state index contributed by atoms with van der Waals surface area (Å²) in [7, 11) is 0. The zero-order valence-corrected chi connectivity index (χ0v) is 17.1. The number of halogens is 1. The van der Waals surface area contributed by atoms with Crippen LogP contribution in [-0.2, 0) is 4.79 Å². The molecular weight excluding hydrogens is 385 g/mol. The molecule has 0 radical (unpaired) electrons. The number of hydrogen-bond donors (Lipinski definition) is 0. The largest absolute Gasteiger partial charge is 0.483 e.